The van der Waals surface area contributed by atoms with Gasteiger partial charge in [-0.05, 0) is 67.6 Å². The molecule has 39 heavy (non-hydrogen) atoms. The first-order valence-electron chi connectivity index (χ1n) is 13.9. The quantitative estimate of drug-likeness (QED) is 0.261. The molecule has 1 aliphatic carbocycles. The Bertz CT molecular complexity index is 1570. The zero-order chi connectivity index (χ0) is 27.3. The maximum Gasteiger partial charge on any atom is 0.310 e. The third-order valence-electron chi connectivity index (χ3n) is 8.53. The van der Waals surface area contributed by atoms with E-state index < -0.39 is 11.3 Å². The van der Waals surface area contributed by atoms with Crippen LogP contribution in [0.1, 0.15) is 67.0 Å². The third kappa shape index (κ3) is 3.81. The highest BCUT2D eigenvalue weighted by Gasteiger charge is 2.63. The van der Waals surface area contributed by atoms with Crippen molar-refractivity contribution < 1.29 is 14.3 Å². The van der Waals surface area contributed by atoms with Gasteiger partial charge in [0.2, 0.25) is 5.91 Å². The number of aryl methyl sites for hydroxylation is 1. The number of ether oxygens (including phenoxy) is 1. The van der Waals surface area contributed by atoms with Crippen molar-refractivity contribution in [1.29, 1.82) is 0 Å². The number of hydrogen-bond acceptors (Lipinski definition) is 3. The van der Waals surface area contributed by atoms with Crippen LogP contribution in [0.4, 0.5) is 5.69 Å². The highest BCUT2D eigenvalue weighted by Crippen LogP contribution is 2.59. The average Bonchev–Trinajstić information content (AvgIpc) is 3.43. The Hall–Kier alpha value is -3.57. The summed E-state index contributed by atoms with van der Waals surface area (Å²) >= 11 is 6.60. The predicted molar refractivity (Wildman–Crippen MR) is 156 cm³/mol. The van der Waals surface area contributed by atoms with Crippen molar-refractivity contribution in [1.82, 2.24) is 4.98 Å². The van der Waals surface area contributed by atoms with Gasteiger partial charge in [-0.15, -0.1) is 0 Å². The van der Waals surface area contributed by atoms with Crippen molar-refractivity contribution >= 4 is 40.1 Å². The molecule has 200 valence electrons. The number of H-pyrrole nitrogens is 1. The molecule has 2 aliphatic rings. The minimum Gasteiger partial charge on any atom is -0.466 e. The van der Waals surface area contributed by atoms with E-state index in [1.807, 2.05) is 48.2 Å². The second-order valence-corrected chi connectivity index (χ2v) is 11.2. The van der Waals surface area contributed by atoms with E-state index in [0.29, 0.717) is 18.0 Å². The van der Waals surface area contributed by atoms with E-state index in [2.05, 4.69) is 49.2 Å². The number of amides is 1. The molecular weight excluding hydrogens is 508 g/mol. The number of carbonyl (C=O) groups excluding carboxylic acids is 2. The number of hydrogen-bond donors (Lipinski definition) is 1. The second-order valence-electron chi connectivity index (χ2n) is 10.7. The van der Waals surface area contributed by atoms with Crippen molar-refractivity contribution in [2.24, 2.45) is 5.92 Å². The van der Waals surface area contributed by atoms with E-state index in [-0.39, 0.29) is 24.4 Å². The van der Waals surface area contributed by atoms with Gasteiger partial charge in [0.15, 0.2) is 0 Å². The number of halogens is 1. The summed E-state index contributed by atoms with van der Waals surface area (Å²) in [7, 11) is 0. The summed E-state index contributed by atoms with van der Waals surface area (Å²) in [4.78, 5) is 34.3. The molecule has 4 aromatic rings. The molecule has 3 aromatic carbocycles. The second kappa shape index (κ2) is 9.87. The lowest BCUT2D eigenvalue weighted by Crippen LogP contribution is -2.53. The van der Waals surface area contributed by atoms with E-state index >= 15 is 0 Å². The monoisotopic (exact) mass is 540 g/mol. The van der Waals surface area contributed by atoms with Crippen LogP contribution >= 0.6 is 11.6 Å². The molecule has 1 amide bonds. The Labute approximate surface area is 234 Å². The highest BCUT2D eigenvalue weighted by atomic mass is 35.5. The maximum atomic E-state index is 14.9. The normalized spacial score (nSPS) is 21.8. The van der Waals surface area contributed by atoms with Crippen LogP contribution in [0.25, 0.3) is 10.9 Å². The number of para-hydroxylation sites is 1. The van der Waals surface area contributed by atoms with Crippen molar-refractivity contribution in [2.45, 2.75) is 51.4 Å². The molecular formula is C33H33ClN2O3. The summed E-state index contributed by atoms with van der Waals surface area (Å²) in [5.74, 6) is -1.24. The number of aromatic amines is 1. The molecule has 0 saturated carbocycles. The van der Waals surface area contributed by atoms with Crippen LogP contribution in [0, 0.1) is 12.8 Å². The SMILES string of the molecule is CCCCN1C(=O)[C@@]2(c3cc(Cl)ccc31)c1[nH]c3ccccc3c1[C@@H](c1ccc(C)cc1)C[C@H]2C(=O)OCC. The summed E-state index contributed by atoms with van der Waals surface area (Å²) in [6, 6.07) is 22.3. The Morgan fingerprint density at radius 3 is 2.62 bits per heavy atom. The zero-order valence-electron chi connectivity index (χ0n) is 22.6. The highest BCUT2D eigenvalue weighted by molar-refractivity contribution is 6.31. The Morgan fingerprint density at radius 2 is 1.87 bits per heavy atom. The number of esters is 1. The number of anilines is 1. The molecule has 5 nitrogen and oxygen atoms in total. The largest absolute Gasteiger partial charge is 0.466 e. The fourth-order valence-corrected chi connectivity index (χ4v) is 6.94. The molecule has 1 aliphatic heterocycles. The fourth-order valence-electron chi connectivity index (χ4n) is 6.77. The van der Waals surface area contributed by atoms with E-state index in [1.54, 1.807) is 0 Å². The van der Waals surface area contributed by atoms with Crippen LogP contribution in [0.2, 0.25) is 5.02 Å². The van der Waals surface area contributed by atoms with Gasteiger partial charge in [0.25, 0.3) is 0 Å². The molecule has 0 fully saturated rings. The number of carbonyl (C=O) groups is 2. The number of rotatable bonds is 6. The Balaban J connectivity index is 1.70. The van der Waals surface area contributed by atoms with Crippen LogP contribution in [0.3, 0.4) is 0 Å². The number of unbranched alkanes of at least 4 members (excludes halogenated alkanes) is 1. The number of fused-ring (bicyclic) bond motifs is 6. The summed E-state index contributed by atoms with van der Waals surface area (Å²) in [6.45, 7) is 6.83. The minimum absolute atomic E-state index is 0.0820. The molecule has 0 unspecified atom stereocenters. The van der Waals surface area contributed by atoms with E-state index in [9.17, 15) is 9.59 Å². The van der Waals surface area contributed by atoms with E-state index in [4.69, 9.17) is 16.3 Å². The lowest BCUT2D eigenvalue weighted by molar-refractivity contribution is -0.153. The van der Waals surface area contributed by atoms with Crippen LogP contribution in [-0.2, 0) is 19.7 Å². The summed E-state index contributed by atoms with van der Waals surface area (Å²) < 4.78 is 5.71. The average molecular weight is 541 g/mol. The minimum atomic E-state index is -1.25. The lowest BCUT2D eigenvalue weighted by Gasteiger charge is -2.42. The van der Waals surface area contributed by atoms with Crippen LogP contribution in [0.5, 0.6) is 0 Å². The predicted octanol–water partition coefficient (Wildman–Crippen LogP) is 7.28. The number of nitrogens with one attached hydrogen (secondary N) is 1. The van der Waals surface area contributed by atoms with Gasteiger partial charge in [-0.2, -0.15) is 0 Å². The molecule has 6 rings (SSSR count). The van der Waals surface area contributed by atoms with Crippen molar-refractivity contribution in [3.8, 4) is 0 Å². The number of aromatic nitrogens is 1. The Kier molecular flexibility index (Phi) is 6.50. The molecule has 3 atom stereocenters. The van der Waals surface area contributed by atoms with Gasteiger partial charge in [0, 0.05) is 39.8 Å². The van der Waals surface area contributed by atoms with Gasteiger partial charge in [-0.1, -0.05) is 73.0 Å². The molecule has 6 heteroatoms. The van der Waals surface area contributed by atoms with Gasteiger partial charge >= 0.3 is 5.97 Å². The molecule has 1 spiro atoms. The van der Waals surface area contributed by atoms with Crippen LogP contribution < -0.4 is 4.90 Å². The lowest BCUT2D eigenvalue weighted by atomic mass is 9.59. The standard InChI is InChI=1S/C33H33ClN2O3/c1-4-6-17-36-28-16-15-22(34)18-25(28)33(32(36)38)26(31(37)39-5-2)19-24(21-13-11-20(3)12-14-21)29-23-9-7-8-10-27(23)35-30(29)33/h7-16,18,24,26,35H,4-6,17,19H2,1-3H3/t24-,26+,33-/m1/s1. The van der Waals surface area contributed by atoms with Gasteiger partial charge in [0.1, 0.15) is 5.41 Å². The summed E-state index contributed by atoms with van der Waals surface area (Å²) in [6.07, 6.45) is 2.27. The van der Waals surface area contributed by atoms with Gasteiger partial charge in [-0.3, -0.25) is 9.59 Å². The van der Waals surface area contributed by atoms with Crippen molar-refractivity contribution in [3.63, 3.8) is 0 Å². The van der Waals surface area contributed by atoms with E-state index in [0.717, 1.165) is 51.8 Å². The molecule has 1 N–H and O–H groups in total. The zero-order valence-corrected chi connectivity index (χ0v) is 23.3. The molecule has 0 radical (unpaired) electrons. The first-order valence-corrected chi connectivity index (χ1v) is 14.3. The summed E-state index contributed by atoms with van der Waals surface area (Å²) in [5, 5.41) is 1.61. The number of nitrogens with zero attached hydrogens (tertiary/aromatic N) is 1. The smallest absolute Gasteiger partial charge is 0.310 e. The van der Waals surface area contributed by atoms with Crippen LogP contribution in [-0.4, -0.2) is 30.0 Å². The fraction of sp³-hybridized carbons (Fsp3) is 0.333. The van der Waals surface area contributed by atoms with Crippen molar-refractivity contribution in [3.05, 3.63) is 99.7 Å². The first kappa shape index (κ1) is 25.7. The number of benzene rings is 3. The topological polar surface area (TPSA) is 62.4 Å². The van der Waals surface area contributed by atoms with Crippen LogP contribution in [0.15, 0.2) is 66.7 Å². The first-order chi connectivity index (χ1) is 18.9. The van der Waals surface area contributed by atoms with Crippen molar-refractivity contribution in [2.75, 3.05) is 18.1 Å². The molecule has 2 heterocycles. The van der Waals surface area contributed by atoms with Gasteiger partial charge < -0.3 is 14.6 Å². The Morgan fingerprint density at radius 1 is 1.10 bits per heavy atom. The summed E-state index contributed by atoms with van der Waals surface area (Å²) in [5.41, 5.74) is 5.46. The van der Waals surface area contributed by atoms with Gasteiger partial charge in [-0.25, -0.2) is 0 Å². The maximum absolute atomic E-state index is 14.9. The van der Waals surface area contributed by atoms with E-state index in [1.165, 1.54) is 5.56 Å². The molecule has 0 saturated heterocycles. The molecule has 1 aromatic heterocycles. The molecule has 0 bridgehead atoms. The van der Waals surface area contributed by atoms with Gasteiger partial charge in [0.05, 0.1) is 12.5 Å². The third-order valence-corrected chi connectivity index (χ3v) is 8.76.